The Hall–Kier alpha value is -1.27. The summed E-state index contributed by atoms with van der Waals surface area (Å²) in [5.41, 5.74) is 2.38. The Morgan fingerprint density at radius 3 is 3.18 bits per heavy atom. The lowest BCUT2D eigenvalue weighted by atomic mass is 10.2. The van der Waals surface area contributed by atoms with Crippen LogP contribution in [0.5, 0.6) is 0 Å². The monoisotopic (exact) mass is 262 g/mol. The molecule has 3 heterocycles. The Morgan fingerprint density at radius 1 is 1.41 bits per heavy atom. The summed E-state index contributed by atoms with van der Waals surface area (Å²) in [4.78, 5) is 7.24. The molecule has 0 atom stereocenters. The minimum Gasteiger partial charge on any atom is -0.255 e. The molecule has 0 bridgehead atoms. The zero-order valence-corrected chi connectivity index (χ0v) is 10.9. The summed E-state index contributed by atoms with van der Waals surface area (Å²) in [5.74, 6) is 0.908. The summed E-state index contributed by atoms with van der Waals surface area (Å²) in [7, 11) is 0. The average molecular weight is 262 g/mol. The molecular weight excluding hydrogens is 252 g/mol. The first-order valence-corrected chi connectivity index (χ1v) is 6.86. The third-order valence-electron chi connectivity index (χ3n) is 3.39. The molecule has 1 aliphatic rings. The van der Waals surface area contributed by atoms with Gasteiger partial charge in [0.25, 0.3) is 0 Å². The molecule has 1 N–H and O–H groups in total. The van der Waals surface area contributed by atoms with Gasteiger partial charge in [0.2, 0.25) is 4.77 Å². The summed E-state index contributed by atoms with van der Waals surface area (Å²) in [6.07, 6.45) is 3.59. The van der Waals surface area contributed by atoms with E-state index in [4.69, 9.17) is 12.2 Å². The maximum atomic E-state index is 5.25. The number of fused-ring (bicyclic) bond motifs is 5. The summed E-state index contributed by atoms with van der Waals surface area (Å²) in [6, 6.07) is 0. The van der Waals surface area contributed by atoms with Crippen LogP contribution >= 0.6 is 23.6 Å². The lowest BCUT2D eigenvalue weighted by Crippen LogP contribution is -1.96. The van der Waals surface area contributed by atoms with Gasteiger partial charge in [-0.25, -0.2) is 4.98 Å². The summed E-state index contributed by atoms with van der Waals surface area (Å²) < 4.78 is 2.56. The molecule has 0 aromatic carbocycles. The van der Waals surface area contributed by atoms with Gasteiger partial charge >= 0.3 is 0 Å². The highest BCUT2D eigenvalue weighted by molar-refractivity contribution is 7.71. The van der Waals surface area contributed by atoms with Gasteiger partial charge in [-0.3, -0.25) is 9.50 Å². The first-order chi connectivity index (χ1) is 8.25. The molecule has 0 saturated heterocycles. The molecule has 0 aliphatic heterocycles. The number of rotatable bonds is 0. The van der Waals surface area contributed by atoms with Crippen molar-refractivity contribution in [3.8, 4) is 0 Å². The highest BCUT2D eigenvalue weighted by Gasteiger charge is 2.22. The molecule has 0 spiro atoms. The largest absolute Gasteiger partial charge is 0.255 e. The lowest BCUT2D eigenvalue weighted by molar-refractivity contribution is 0.916. The van der Waals surface area contributed by atoms with Crippen molar-refractivity contribution in [1.82, 2.24) is 19.6 Å². The molecule has 0 fully saturated rings. The van der Waals surface area contributed by atoms with E-state index in [9.17, 15) is 0 Å². The van der Waals surface area contributed by atoms with Crippen molar-refractivity contribution in [3.05, 3.63) is 21.0 Å². The average Bonchev–Trinajstić information content (AvgIpc) is 2.91. The Bertz CT molecular complexity index is 808. The van der Waals surface area contributed by atoms with Gasteiger partial charge in [0, 0.05) is 4.88 Å². The molecule has 6 heteroatoms. The van der Waals surface area contributed by atoms with Crippen molar-refractivity contribution in [2.75, 3.05) is 0 Å². The second-order valence-corrected chi connectivity index (χ2v) is 5.85. The quantitative estimate of drug-likeness (QED) is 0.634. The Morgan fingerprint density at radius 2 is 2.29 bits per heavy atom. The molecule has 0 amide bonds. The number of nitrogens with one attached hydrogen (secondary N) is 1. The van der Waals surface area contributed by atoms with Crippen LogP contribution in [0.1, 0.15) is 22.7 Å². The molecule has 0 unspecified atom stereocenters. The molecule has 3 aromatic rings. The minimum absolute atomic E-state index is 0.629. The van der Waals surface area contributed by atoms with Crippen molar-refractivity contribution < 1.29 is 0 Å². The van der Waals surface area contributed by atoms with Crippen molar-refractivity contribution >= 4 is 39.4 Å². The van der Waals surface area contributed by atoms with Gasteiger partial charge in [-0.05, 0) is 44.0 Å². The summed E-state index contributed by atoms with van der Waals surface area (Å²) in [5, 5.41) is 8.45. The summed E-state index contributed by atoms with van der Waals surface area (Å²) in [6.45, 7) is 1.97. The zero-order chi connectivity index (χ0) is 11.6. The second-order valence-electron chi connectivity index (χ2n) is 4.38. The molecule has 4 nitrogen and oxygen atoms in total. The van der Waals surface area contributed by atoms with Crippen LogP contribution in [-0.4, -0.2) is 19.6 Å². The van der Waals surface area contributed by atoms with Gasteiger partial charge in [-0.1, -0.05) is 0 Å². The molecule has 17 heavy (non-hydrogen) atoms. The van der Waals surface area contributed by atoms with Gasteiger partial charge in [0.05, 0.1) is 5.39 Å². The first kappa shape index (κ1) is 9.73. The summed E-state index contributed by atoms with van der Waals surface area (Å²) >= 11 is 7.06. The Labute approximate surface area is 106 Å². The van der Waals surface area contributed by atoms with Crippen molar-refractivity contribution in [2.45, 2.75) is 26.2 Å². The third-order valence-corrected chi connectivity index (χ3v) is 4.85. The second kappa shape index (κ2) is 3.14. The number of aromatic amines is 1. The van der Waals surface area contributed by atoms with Crippen molar-refractivity contribution in [1.29, 1.82) is 0 Å². The van der Waals surface area contributed by atoms with Gasteiger partial charge in [-0.15, -0.1) is 11.3 Å². The van der Waals surface area contributed by atoms with E-state index in [0.717, 1.165) is 22.7 Å². The van der Waals surface area contributed by atoms with Gasteiger partial charge in [0.15, 0.2) is 5.65 Å². The van der Waals surface area contributed by atoms with Crippen LogP contribution in [0.3, 0.4) is 0 Å². The lowest BCUT2D eigenvalue weighted by Gasteiger charge is -2.00. The van der Waals surface area contributed by atoms with E-state index >= 15 is 0 Å². The maximum Gasteiger partial charge on any atom is 0.201 e. The van der Waals surface area contributed by atoms with E-state index in [1.165, 1.54) is 28.7 Å². The molecule has 0 saturated carbocycles. The first-order valence-electron chi connectivity index (χ1n) is 5.63. The molecule has 4 rings (SSSR count). The third kappa shape index (κ3) is 1.14. The van der Waals surface area contributed by atoms with E-state index in [1.54, 1.807) is 0 Å². The van der Waals surface area contributed by atoms with Gasteiger partial charge in [-0.2, -0.15) is 5.10 Å². The van der Waals surface area contributed by atoms with E-state index in [-0.39, 0.29) is 0 Å². The van der Waals surface area contributed by atoms with Gasteiger partial charge in [0.1, 0.15) is 10.7 Å². The number of aromatic nitrogens is 4. The Balaban J connectivity index is 2.33. The number of hydrogen-bond acceptors (Lipinski definition) is 4. The zero-order valence-electron chi connectivity index (χ0n) is 9.28. The van der Waals surface area contributed by atoms with E-state index < -0.39 is 0 Å². The topological polar surface area (TPSA) is 46.0 Å². The van der Waals surface area contributed by atoms with Crippen LogP contribution in [0.15, 0.2) is 0 Å². The predicted molar refractivity (Wildman–Crippen MR) is 70.3 cm³/mol. The normalized spacial score (nSPS) is 14.9. The molecular formula is C11H10N4S2. The van der Waals surface area contributed by atoms with Crippen molar-refractivity contribution in [2.24, 2.45) is 0 Å². The van der Waals surface area contributed by atoms with Crippen molar-refractivity contribution in [3.63, 3.8) is 0 Å². The van der Waals surface area contributed by atoms with E-state index in [1.807, 2.05) is 22.7 Å². The highest BCUT2D eigenvalue weighted by atomic mass is 32.1. The van der Waals surface area contributed by atoms with E-state index in [0.29, 0.717) is 4.77 Å². The van der Waals surface area contributed by atoms with Crippen LogP contribution in [0.25, 0.3) is 15.9 Å². The van der Waals surface area contributed by atoms with Gasteiger partial charge < -0.3 is 0 Å². The van der Waals surface area contributed by atoms with Crippen LogP contribution in [-0.2, 0) is 12.8 Å². The van der Waals surface area contributed by atoms with Crippen LogP contribution in [0.4, 0.5) is 0 Å². The minimum atomic E-state index is 0.629. The smallest absolute Gasteiger partial charge is 0.201 e. The molecule has 3 aromatic heterocycles. The number of nitrogens with zero attached hydrogens (tertiary/aromatic N) is 3. The standard InChI is InChI=1S/C11H10N4S2/c1-5-12-10-8(6-3-2-4-7(6)17-10)9-13-14-11(16)15(5)9/h2-4H2,1H3,(H,14,16). The van der Waals surface area contributed by atoms with Crippen LogP contribution in [0, 0.1) is 11.7 Å². The SMILES string of the molecule is Cc1nc2sc3c(c2c2n[nH]c(=S)n12)CCC3. The number of hydrogen-bond donors (Lipinski definition) is 1. The fourth-order valence-corrected chi connectivity index (χ4v) is 4.23. The van der Waals surface area contributed by atoms with Crippen LogP contribution in [0.2, 0.25) is 0 Å². The molecule has 1 aliphatic carbocycles. The fraction of sp³-hybridized carbons (Fsp3) is 0.364. The number of aryl methyl sites for hydroxylation is 3. The van der Waals surface area contributed by atoms with Crippen LogP contribution < -0.4 is 0 Å². The number of H-pyrrole nitrogens is 1. The Kier molecular flexibility index (Phi) is 1.80. The van der Waals surface area contributed by atoms with E-state index in [2.05, 4.69) is 15.2 Å². The highest BCUT2D eigenvalue weighted by Crippen LogP contribution is 2.38. The number of thiophene rings is 1. The maximum absolute atomic E-state index is 5.25. The molecule has 86 valence electrons. The fourth-order valence-electron chi connectivity index (χ4n) is 2.66. The predicted octanol–water partition coefficient (Wildman–Crippen LogP) is 2.80. The molecule has 0 radical (unpaired) electrons.